The van der Waals surface area contributed by atoms with E-state index in [2.05, 4.69) is 9.73 Å². The molecule has 0 unspecified atom stereocenters. The van der Waals surface area contributed by atoms with Crippen molar-refractivity contribution in [1.29, 1.82) is 0 Å². The van der Waals surface area contributed by atoms with Gasteiger partial charge in [-0.25, -0.2) is 4.99 Å². The van der Waals surface area contributed by atoms with E-state index in [-0.39, 0.29) is 23.0 Å². The topological polar surface area (TPSA) is 68.2 Å². The van der Waals surface area contributed by atoms with Crippen LogP contribution in [0.2, 0.25) is 0 Å². The van der Waals surface area contributed by atoms with E-state index >= 15 is 0 Å². The average Bonchev–Trinajstić information content (AvgIpc) is 3.22. The van der Waals surface area contributed by atoms with Crippen LogP contribution in [0.25, 0.3) is 6.08 Å². The van der Waals surface area contributed by atoms with Crippen molar-refractivity contribution < 1.29 is 27.8 Å². The number of carbonyl (C=O) groups excluding carboxylic acids is 2. The van der Waals surface area contributed by atoms with Crippen LogP contribution >= 0.6 is 11.8 Å². The summed E-state index contributed by atoms with van der Waals surface area (Å²) in [6.07, 6.45) is 2.52. The Labute approximate surface area is 217 Å². The number of halogens is 2. The highest BCUT2D eigenvalue weighted by atomic mass is 32.2. The minimum Gasteiger partial charge on any atom is -0.497 e. The summed E-state index contributed by atoms with van der Waals surface area (Å²) in [4.78, 5) is 32.0. The second kappa shape index (κ2) is 11.8. The Balaban J connectivity index is 1.60. The third kappa shape index (κ3) is 6.42. The number of amides is 1. The SMILES string of the molecule is CCc1ccc(C(=O)CSC2=N/C(=C\c3ccc(OC)cc3)C(=O)N2c2ccc(OC(F)F)cc2)cc1. The third-order valence-corrected chi connectivity index (χ3v) is 6.52. The molecule has 0 spiro atoms. The highest BCUT2D eigenvalue weighted by molar-refractivity contribution is 8.14. The summed E-state index contributed by atoms with van der Waals surface area (Å²) in [5, 5.41) is 0.311. The molecule has 0 saturated heterocycles. The van der Waals surface area contributed by atoms with Gasteiger partial charge in [0, 0.05) is 5.56 Å². The number of aliphatic imine (C=N–C) groups is 1. The Bertz CT molecular complexity index is 1320. The molecule has 0 aliphatic carbocycles. The van der Waals surface area contributed by atoms with Gasteiger partial charge in [0.15, 0.2) is 11.0 Å². The zero-order valence-corrected chi connectivity index (χ0v) is 21.0. The first-order chi connectivity index (χ1) is 17.9. The second-order valence-electron chi connectivity index (χ2n) is 7.97. The Hall–Kier alpha value is -3.98. The zero-order chi connectivity index (χ0) is 26.4. The Kier molecular flexibility index (Phi) is 8.35. The molecule has 0 atom stereocenters. The van der Waals surface area contributed by atoms with Crippen molar-refractivity contribution in [3.63, 3.8) is 0 Å². The molecule has 1 aliphatic rings. The first kappa shape index (κ1) is 26.1. The number of alkyl halides is 2. The number of benzene rings is 3. The Morgan fingerprint density at radius 1 is 1.00 bits per heavy atom. The lowest BCUT2D eigenvalue weighted by Gasteiger charge is -2.18. The lowest BCUT2D eigenvalue weighted by atomic mass is 10.1. The molecule has 0 saturated carbocycles. The number of methoxy groups -OCH3 is 1. The van der Waals surface area contributed by atoms with Gasteiger partial charge in [0.25, 0.3) is 5.91 Å². The van der Waals surface area contributed by atoms with Crippen LogP contribution in [0.15, 0.2) is 83.5 Å². The van der Waals surface area contributed by atoms with Crippen molar-refractivity contribution >= 4 is 40.4 Å². The molecule has 0 fully saturated rings. The summed E-state index contributed by atoms with van der Waals surface area (Å²) in [6, 6.07) is 20.2. The van der Waals surface area contributed by atoms with Gasteiger partial charge in [-0.3, -0.25) is 14.5 Å². The maximum atomic E-state index is 13.4. The molecule has 0 N–H and O–H groups in total. The lowest BCUT2D eigenvalue weighted by molar-refractivity contribution is -0.113. The van der Waals surface area contributed by atoms with Gasteiger partial charge in [0.1, 0.15) is 17.2 Å². The van der Waals surface area contributed by atoms with E-state index in [1.807, 2.05) is 19.1 Å². The zero-order valence-electron chi connectivity index (χ0n) is 20.2. The molecular formula is C28H24F2N2O4S. The van der Waals surface area contributed by atoms with E-state index in [1.54, 1.807) is 49.6 Å². The van der Waals surface area contributed by atoms with Gasteiger partial charge in [0.2, 0.25) is 0 Å². The Morgan fingerprint density at radius 2 is 1.65 bits per heavy atom. The molecule has 0 radical (unpaired) electrons. The molecule has 3 aromatic rings. The maximum Gasteiger partial charge on any atom is 0.387 e. The number of Topliss-reactive ketones (excluding diaryl/α,β-unsaturated/α-hetero) is 1. The summed E-state index contributed by atoms with van der Waals surface area (Å²) in [5.41, 5.74) is 3.04. The minimum absolute atomic E-state index is 0.0313. The summed E-state index contributed by atoms with van der Waals surface area (Å²) < 4.78 is 34.7. The summed E-state index contributed by atoms with van der Waals surface area (Å²) in [6.45, 7) is -0.914. The fourth-order valence-electron chi connectivity index (χ4n) is 3.60. The van der Waals surface area contributed by atoms with Crippen LogP contribution in [0.4, 0.5) is 14.5 Å². The van der Waals surface area contributed by atoms with E-state index in [9.17, 15) is 18.4 Å². The van der Waals surface area contributed by atoms with Gasteiger partial charge in [-0.15, -0.1) is 0 Å². The molecular weight excluding hydrogens is 498 g/mol. The number of amidine groups is 1. The van der Waals surface area contributed by atoms with E-state index in [0.29, 0.717) is 22.2 Å². The van der Waals surface area contributed by atoms with Crippen LogP contribution < -0.4 is 14.4 Å². The Morgan fingerprint density at radius 3 is 2.24 bits per heavy atom. The average molecular weight is 523 g/mol. The lowest BCUT2D eigenvalue weighted by Crippen LogP contribution is -2.30. The molecule has 190 valence electrons. The molecule has 1 amide bonds. The van der Waals surface area contributed by atoms with Crippen molar-refractivity contribution in [2.24, 2.45) is 4.99 Å². The number of rotatable bonds is 9. The second-order valence-corrected chi connectivity index (χ2v) is 8.91. The molecule has 9 heteroatoms. The molecule has 37 heavy (non-hydrogen) atoms. The molecule has 3 aromatic carbocycles. The van der Waals surface area contributed by atoms with E-state index in [0.717, 1.165) is 29.3 Å². The van der Waals surface area contributed by atoms with Crippen molar-refractivity contribution in [2.75, 3.05) is 17.8 Å². The van der Waals surface area contributed by atoms with Crippen molar-refractivity contribution in [1.82, 2.24) is 0 Å². The number of nitrogens with zero attached hydrogens (tertiary/aromatic N) is 2. The summed E-state index contributed by atoms with van der Waals surface area (Å²) in [5.74, 6) is 0.210. The molecule has 1 heterocycles. The fraction of sp³-hybridized carbons (Fsp3) is 0.179. The first-order valence-corrected chi connectivity index (χ1v) is 12.4. The van der Waals surface area contributed by atoms with Crippen LogP contribution in [0.5, 0.6) is 11.5 Å². The van der Waals surface area contributed by atoms with Gasteiger partial charge in [-0.1, -0.05) is 55.1 Å². The minimum atomic E-state index is -2.96. The van der Waals surface area contributed by atoms with Crippen LogP contribution in [-0.2, 0) is 11.2 Å². The number of hydrogen-bond acceptors (Lipinski definition) is 6. The number of hydrogen-bond donors (Lipinski definition) is 0. The number of anilines is 1. The van der Waals surface area contributed by atoms with E-state index in [4.69, 9.17) is 4.74 Å². The van der Waals surface area contributed by atoms with Crippen molar-refractivity contribution in [2.45, 2.75) is 20.0 Å². The highest BCUT2D eigenvalue weighted by Gasteiger charge is 2.32. The van der Waals surface area contributed by atoms with Crippen LogP contribution in [0.3, 0.4) is 0 Å². The third-order valence-electron chi connectivity index (χ3n) is 5.59. The van der Waals surface area contributed by atoms with E-state index in [1.165, 1.54) is 29.2 Å². The largest absolute Gasteiger partial charge is 0.497 e. The number of ether oxygens (including phenoxy) is 2. The van der Waals surface area contributed by atoms with Gasteiger partial charge < -0.3 is 9.47 Å². The van der Waals surface area contributed by atoms with Crippen LogP contribution in [0.1, 0.15) is 28.4 Å². The van der Waals surface area contributed by atoms with Gasteiger partial charge >= 0.3 is 6.61 Å². The normalized spacial score (nSPS) is 14.3. The molecule has 6 nitrogen and oxygen atoms in total. The van der Waals surface area contributed by atoms with Crippen molar-refractivity contribution in [3.05, 3.63) is 95.2 Å². The smallest absolute Gasteiger partial charge is 0.387 e. The van der Waals surface area contributed by atoms with Gasteiger partial charge in [-0.05, 0) is 60.0 Å². The molecule has 4 rings (SSSR count). The van der Waals surface area contributed by atoms with Crippen LogP contribution in [0, 0.1) is 0 Å². The van der Waals surface area contributed by atoms with Crippen molar-refractivity contribution in [3.8, 4) is 11.5 Å². The highest BCUT2D eigenvalue weighted by Crippen LogP contribution is 2.31. The molecule has 0 bridgehead atoms. The summed E-state index contributed by atoms with van der Waals surface area (Å²) >= 11 is 1.13. The quantitative estimate of drug-likeness (QED) is 0.247. The van der Waals surface area contributed by atoms with E-state index < -0.39 is 12.5 Å². The van der Waals surface area contributed by atoms with Gasteiger partial charge in [0.05, 0.1) is 18.6 Å². The number of thioether (sulfide) groups is 1. The molecule has 1 aliphatic heterocycles. The summed E-state index contributed by atoms with van der Waals surface area (Å²) in [7, 11) is 1.57. The number of ketones is 1. The maximum absolute atomic E-state index is 13.4. The van der Waals surface area contributed by atoms with Crippen LogP contribution in [-0.4, -0.2) is 36.3 Å². The fourth-order valence-corrected chi connectivity index (χ4v) is 4.50. The standard InChI is InChI=1S/C28H24F2N2O4S/c1-3-18-4-8-20(9-5-18)25(33)17-37-28-31-24(16-19-6-12-22(35-2)13-7-19)26(34)32(28)21-10-14-23(15-11-21)36-27(29)30/h4-16,27H,3,17H2,1-2H3/b24-16-. The molecule has 0 aromatic heterocycles. The number of carbonyl (C=O) groups is 2. The monoisotopic (exact) mass is 522 g/mol. The predicted molar refractivity (Wildman–Crippen MR) is 142 cm³/mol. The first-order valence-electron chi connectivity index (χ1n) is 11.5. The predicted octanol–water partition coefficient (Wildman–Crippen LogP) is 6.22. The number of aryl methyl sites for hydroxylation is 1. The van der Waals surface area contributed by atoms with Gasteiger partial charge in [-0.2, -0.15) is 8.78 Å².